The standard InChI is InChI=1S/C13H18F3NS/c1-8-3-9(2)12-11(4-8)10(6-18-12)5-17-7-13(14,15)16/h6,8-9,17H,3-5,7H2,1-2H3. The van der Waals surface area contributed by atoms with Gasteiger partial charge in [-0.05, 0) is 41.2 Å². The summed E-state index contributed by atoms with van der Waals surface area (Å²) >= 11 is 1.70. The average molecular weight is 277 g/mol. The maximum atomic E-state index is 12.1. The maximum Gasteiger partial charge on any atom is 0.401 e. The first-order chi connectivity index (χ1) is 8.37. The first-order valence-electron chi connectivity index (χ1n) is 6.23. The van der Waals surface area contributed by atoms with E-state index in [1.807, 2.05) is 5.38 Å². The van der Waals surface area contributed by atoms with Crippen LogP contribution in [0.2, 0.25) is 0 Å². The molecule has 1 aliphatic rings. The molecule has 18 heavy (non-hydrogen) atoms. The van der Waals surface area contributed by atoms with Crippen molar-refractivity contribution in [3.63, 3.8) is 0 Å². The van der Waals surface area contributed by atoms with Gasteiger partial charge in [0.25, 0.3) is 0 Å². The van der Waals surface area contributed by atoms with Crippen LogP contribution in [0.4, 0.5) is 13.2 Å². The van der Waals surface area contributed by atoms with Gasteiger partial charge in [0.2, 0.25) is 0 Å². The summed E-state index contributed by atoms with van der Waals surface area (Å²) in [5.74, 6) is 1.17. The number of fused-ring (bicyclic) bond motifs is 1. The highest BCUT2D eigenvalue weighted by molar-refractivity contribution is 7.10. The van der Waals surface area contributed by atoms with E-state index in [1.165, 1.54) is 16.9 Å². The van der Waals surface area contributed by atoms with E-state index in [1.54, 1.807) is 11.3 Å². The summed E-state index contributed by atoms with van der Waals surface area (Å²) in [7, 11) is 0. The van der Waals surface area contributed by atoms with Crippen LogP contribution in [0.3, 0.4) is 0 Å². The van der Waals surface area contributed by atoms with Crippen LogP contribution in [-0.4, -0.2) is 12.7 Å². The van der Waals surface area contributed by atoms with Gasteiger partial charge in [0.15, 0.2) is 0 Å². The third kappa shape index (κ3) is 3.26. The molecule has 0 aromatic carbocycles. The highest BCUT2D eigenvalue weighted by atomic mass is 32.1. The molecule has 1 heterocycles. The third-order valence-electron chi connectivity index (χ3n) is 3.41. The van der Waals surface area contributed by atoms with Crippen molar-refractivity contribution in [2.45, 2.75) is 45.3 Å². The molecule has 2 atom stereocenters. The Balaban J connectivity index is 2.02. The van der Waals surface area contributed by atoms with Crippen molar-refractivity contribution >= 4 is 11.3 Å². The molecule has 2 rings (SSSR count). The predicted octanol–water partition coefficient (Wildman–Crippen LogP) is 4.09. The molecule has 2 unspecified atom stereocenters. The zero-order chi connectivity index (χ0) is 13.3. The highest BCUT2D eigenvalue weighted by Gasteiger charge is 2.28. The maximum absolute atomic E-state index is 12.1. The second kappa shape index (κ2) is 5.21. The third-order valence-corrected chi connectivity index (χ3v) is 4.72. The summed E-state index contributed by atoms with van der Waals surface area (Å²) in [6.07, 6.45) is -1.94. The van der Waals surface area contributed by atoms with E-state index in [4.69, 9.17) is 0 Å². The smallest absolute Gasteiger partial charge is 0.305 e. The summed E-state index contributed by atoms with van der Waals surface area (Å²) in [5, 5.41) is 4.51. The van der Waals surface area contributed by atoms with Crippen molar-refractivity contribution in [1.29, 1.82) is 0 Å². The van der Waals surface area contributed by atoms with Gasteiger partial charge in [-0.3, -0.25) is 0 Å². The van der Waals surface area contributed by atoms with E-state index in [-0.39, 0.29) is 0 Å². The normalized spacial score (nSPS) is 24.1. The predicted molar refractivity (Wildman–Crippen MR) is 68.0 cm³/mol. The van der Waals surface area contributed by atoms with Gasteiger partial charge in [0.1, 0.15) is 0 Å². The molecule has 1 N–H and O–H groups in total. The molecule has 0 aliphatic heterocycles. The summed E-state index contributed by atoms with van der Waals surface area (Å²) in [4.78, 5) is 1.37. The molecule has 0 radical (unpaired) electrons. The molecular formula is C13H18F3NS. The van der Waals surface area contributed by atoms with Gasteiger partial charge in [-0.25, -0.2) is 0 Å². The Morgan fingerprint density at radius 1 is 1.39 bits per heavy atom. The van der Waals surface area contributed by atoms with Crippen molar-refractivity contribution in [3.8, 4) is 0 Å². The van der Waals surface area contributed by atoms with Crippen LogP contribution in [0.5, 0.6) is 0 Å². The van der Waals surface area contributed by atoms with Crippen molar-refractivity contribution in [1.82, 2.24) is 5.32 Å². The van der Waals surface area contributed by atoms with Gasteiger partial charge in [-0.2, -0.15) is 13.2 Å². The van der Waals surface area contributed by atoms with Gasteiger partial charge < -0.3 is 5.32 Å². The molecule has 1 nitrogen and oxygen atoms in total. The van der Waals surface area contributed by atoms with Crippen LogP contribution in [-0.2, 0) is 13.0 Å². The lowest BCUT2D eigenvalue weighted by Crippen LogP contribution is -2.28. The van der Waals surface area contributed by atoms with Gasteiger partial charge in [0.05, 0.1) is 6.54 Å². The molecular weight excluding hydrogens is 259 g/mol. The zero-order valence-corrected chi connectivity index (χ0v) is 11.4. The Kier molecular flexibility index (Phi) is 4.02. The lowest BCUT2D eigenvalue weighted by molar-refractivity contribution is -0.125. The molecule has 5 heteroatoms. The van der Waals surface area contributed by atoms with Crippen molar-refractivity contribution < 1.29 is 13.2 Å². The molecule has 1 aromatic rings. The fourth-order valence-electron chi connectivity index (χ4n) is 2.71. The van der Waals surface area contributed by atoms with Crippen LogP contribution in [0, 0.1) is 5.92 Å². The Morgan fingerprint density at radius 3 is 2.78 bits per heavy atom. The van der Waals surface area contributed by atoms with E-state index in [2.05, 4.69) is 19.2 Å². The van der Waals surface area contributed by atoms with Gasteiger partial charge in [-0.1, -0.05) is 13.8 Å². The van der Waals surface area contributed by atoms with E-state index < -0.39 is 12.7 Å². The summed E-state index contributed by atoms with van der Waals surface area (Å²) in [5.41, 5.74) is 2.35. The van der Waals surface area contributed by atoms with Crippen molar-refractivity contribution in [2.24, 2.45) is 5.92 Å². The summed E-state index contributed by atoms with van der Waals surface area (Å²) in [6, 6.07) is 0. The second-order valence-corrected chi connectivity index (χ2v) is 6.18. The van der Waals surface area contributed by atoms with E-state index in [0.29, 0.717) is 18.4 Å². The molecule has 1 aliphatic carbocycles. The van der Waals surface area contributed by atoms with E-state index >= 15 is 0 Å². The quantitative estimate of drug-likeness (QED) is 0.877. The highest BCUT2D eigenvalue weighted by Crippen LogP contribution is 2.40. The first kappa shape index (κ1) is 13.9. The fraction of sp³-hybridized carbons (Fsp3) is 0.692. The average Bonchev–Trinajstić information content (AvgIpc) is 2.60. The molecule has 0 saturated carbocycles. The van der Waals surface area contributed by atoms with E-state index in [9.17, 15) is 13.2 Å². The Labute approximate surface area is 109 Å². The molecule has 1 aromatic heterocycles. The summed E-state index contributed by atoms with van der Waals surface area (Å²) in [6.45, 7) is 3.83. The molecule has 0 saturated heterocycles. The lowest BCUT2D eigenvalue weighted by atomic mass is 9.82. The number of hydrogen-bond acceptors (Lipinski definition) is 2. The van der Waals surface area contributed by atoms with Gasteiger partial charge >= 0.3 is 6.18 Å². The summed E-state index contributed by atoms with van der Waals surface area (Å²) < 4.78 is 36.3. The largest absolute Gasteiger partial charge is 0.401 e. The minimum atomic E-state index is -4.13. The van der Waals surface area contributed by atoms with Gasteiger partial charge in [-0.15, -0.1) is 11.3 Å². The Morgan fingerprint density at radius 2 is 2.11 bits per heavy atom. The number of alkyl halides is 3. The van der Waals surface area contributed by atoms with E-state index in [0.717, 1.165) is 12.0 Å². The van der Waals surface area contributed by atoms with Crippen molar-refractivity contribution in [2.75, 3.05) is 6.54 Å². The second-order valence-electron chi connectivity index (χ2n) is 5.27. The van der Waals surface area contributed by atoms with Crippen LogP contribution in [0.15, 0.2) is 5.38 Å². The number of hydrogen-bond donors (Lipinski definition) is 1. The topological polar surface area (TPSA) is 12.0 Å². The minimum Gasteiger partial charge on any atom is -0.305 e. The molecule has 0 fully saturated rings. The lowest BCUT2D eigenvalue weighted by Gasteiger charge is -2.25. The Hall–Kier alpha value is -0.550. The van der Waals surface area contributed by atoms with Crippen LogP contribution >= 0.6 is 11.3 Å². The first-order valence-corrected chi connectivity index (χ1v) is 7.11. The van der Waals surface area contributed by atoms with Crippen LogP contribution in [0.1, 0.15) is 42.2 Å². The Bertz CT molecular complexity index is 411. The monoisotopic (exact) mass is 277 g/mol. The molecule has 0 spiro atoms. The molecule has 102 valence electrons. The zero-order valence-electron chi connectivity index (χ0n) is 10.6. The van der Waals surface area contributed by atoms with Gasteiger partial charge in [0, 0.05) is 11.4 Å². The minimum absolute atomic E-state index is 0.324. The molecule has 0 amide bonds. The number of nitrogens with one attached hydrogen (secondary N) is 1. The number of halogens is 3. The van der Waals surface area contributed by atoms with Crippen LogP contribution in [0.25, 0.3) is 0 Å². The molecule has 0 bridgehead atoms. The van der Waals surface area contributed by atoms with Crippen molar-refractivity contribution in [3.05, 3.63) is 21.4 Å². The van der Waals surface area contributed by atoms with Crippen LogP contribution < -0.4 is 5.32 Å². The number of thiophene rings is 1. The fourth-order valence-corrected chi connectivity index (χ4v) is 3.89. The SMILES string of the molecule is CC1Cc2c(CNCC(F)(F)F)csc2C(C)C1. The number of rotatable bonds is 3.